The number of rotatable bonds is 0. The zero-order valence-electron chi connectivity index (χ0n) is 3.52. The maximum Gasteiger partial charge on any atom is 0.0137 e. The quantitative estimate of drug-likeness (QED) is 0.427. The molecule has 1 nitrogen and oxygen atoms in total. The Balaban J connectivity index is 2.21. The van der Waals surface area contributed by atoms with Crippen molar-refractivity contribution in [3.63, 3.8) is 0 Å². The Labute approximate surface area is 36.7 Å². The zero-order valence-corrected chi connectivity index (χ0v) is 3.52. The summed E-state index contributed by atoms with van der Waals surface area (Å²) >= 11 is 0. The number of piperidine rings is 1. The fraction of sp³-hybridized carbons (Fsp3) is 1.00. The van der Waals surface area contributed by atoms with Crippen LogP contribution in [0.3, 0.4) is 0 Å². The standard InChI is InChI=1S/C5H7N/c1-2-3-4(2)5(3)6-1/h2-6H,1H2/t2?,3-,4?,5?/m0/s1. The molecule has 0 amide bonds. The predicted octanol–water partition coefficient (Wildman–Crippen LogP) is -0.166. The van der Waals surface area contributed by atoms with E-state index in [1.807, 2.05) is 0 Å². The van der Waals surface area contributed by atoms with Gasteiger partial charge in [-0.2, -0.15) is 0 Å². The van der Waals surface area contributed by atoms with Gasteiger partial charge in [-0.1, -0.05) is 0 Å². The summed E-state index contributed by atoms with van der Waals surface area (Å²) in [7, 11) is 0. The normalized spacial score (nSPS) is 80.0. The van der Waals surface area contributed by atoms with Gasteiger partial charge >= 0.3 is 0 Å². The Morgan fingerprint density at radius 1 is 1.33 bits per heavy atom. The minimum atomic E-state index is 1.02. The monoisotopic (exact) mass is 81.1 g/mol. The van der Waals surface area contributed by atoms with Crippen LogP contribution in [0.2, 0.25) is 0 Å². The second-order valence-corrected chi connectivity index (χ2v) is 2.75. The zero-order chi connectivity index (χ0) is 3.72. The smallest absolute Gasteiger partial charge is 0.0137 e. The van der Waals surface area contributed by atoms with Crippen molar-refractivity contribution >= 4 is 0 Å². The Bertz CT molecular complexity index is 76.5. The lowest BCUT2D eigenvalue weighted by atomic mass is 10.2. The third-order valence-corrected chi connectivity index (χ3v) is 2.57. The average molecular weight is 81.1 g/mol. The van der Waals surface area contributed by atoms with Crippen LogP contribution in [-0.4, -0.2) is 12.6 Å². The van der Waals surface area contributed by atoms with Gasteiger partial charge in [-0.25, -0.2) is 0 Å². The lowest BCUT2D eigenvalue weighted by Gasteiger charge is -1.82. The molecular formula is C5H7N. The highest BCUT2D eigenvalue weighted by molar-refractivity contribution is 5.29. The predicted molar refractivity (Wildman–Crippen MR) is 22.3 cm³/mol. The van der Waals surface area contributed by atoms with Crippen molar-refractivity contribution in [2.45, 2.75) is 6.04 Å². The fourth-order valence-electron chi connectivity index (χ4n) is 1.99. The van der Waals surface area contributed by atoms with Crippen LogP contribution in [-0.2, 0) is 0 Å². The summed E-state index contributed by atoms with van der Waals surface area (Å²) in [6.45, 7) is 1.35. The Hall–Kier alpha value is -0.0400. The number of nitrogens with one attached hydrogen (secondary N) is 1. The molecular weight excluding hydrogens is 74.1 g/mol. The molecule has 4 aliphatic rings. The molecule has 0 aromatic carbocycles. The molecule has 2 bridgehead atoms. The van der Waals surface area contributed by atoms with E-state index in [1.165, 1.54) is 18.4 Å². The van der Waals surface area contributed by atoms with Gasteiger partial charge in [0, 0.05) is 6.04 Å². The van der Waals surface area contributed by atoms with Gasteiger partial charge in [0.05, 0.1) is 0 Å². The van der Waals surface area contributed by atoms with Crippen LogP contribution in [0, 0.1) is 17.8 Å². The molecule has 4 rings (SSSR count). The van der Waals surface area contributed by atoms with E-state index in [0.717, 1.165) is 12.0 Å². The minimum absolute atomic E-state index is 1.02. The van der Waals surface area contributed by atoms with Crippen LogP contribution in [0.1, 0.15) is 0 Å². The topological polar surface area (TPSA) is 12.0 Å². The summed E-state index contributed by atoms with van der Waals surface area (Å²) in [6.07, 6.45) is 0. The van der Waals surface area contributed by atoms with Crippen LogP contribution in [0.4, 0.5) is 0 Å². The molecule has 0 aromatic heterocycles. The second kappa shape index (κ2) is 0.399. The van der Waals surface area contributed by atoms with Gasteiger partial charge < -0.3 is 5.32 Å². The molecule has 6 heavy (non-hydrogen) atoms. The van der Waals surface area contributed by atoms with Crippen molar-refractivity contribution in [2.75, 3.05) is 6.54 Å². The molecule has 2 saturated carbocycles. The Morgan fingerprint density at radius 3 is 2.33 bits per heavy atom. The molecule has 2 aliphatic carbocycles. The molecule has 4 atom stereocenters. The van der Waals surface area contributed by atoms with Crippen molar-refractivity contribution in [3.05, 3.63) is 0 Å². The minimum Gasteiger partial charge on any atom is -0.313 e. The number of hydrogen-bond acceptors (Lipinski definition) is 1. The molecule has 2 aliphatic heterocycles. The highest BCUT2D eigenvalue weighted by Gasteiger charge is 2.77. The fourth-order valence-corrected chi connectivity index (χ4v) is 1.99. The summed E-state index contributed by atoms with van der Waals surface area (Å²) in [4.78, 5) is 0. The van der Waals surface area contributed by atoms with Crippen molar-refractivity contribution in [2.24, 2.45) is 17.8 Å². The van der Waals surface area contributed by atoms with Gasteiger partial charge in [0.1, 0.15) is 0 Å². The van der Waals surface area contributed by atoms with Gasteiger partial charge in [-0.15, -0.1) is 0 Å². The van der Waals surface area contributed by atoms with Crippen molar-refractivity contribution in [1.29, 1.82) is 0 Å². The molecule has 0 spiro atoms. The molecule has 2 saturated heterocycles. The van der Waals surface area contributed by atoms with Crippen LogP contribution < -0.4 is 5.32 Å². The van der Waals surface area contributed by atoms with E-state index in [4.69, 9.17) is 0 Å². The van der Waals surface area contributed by atoms with E-state index in [9.17, 15) is 0 Å². The van der Waals surface area contributed by atoms with Crippen LogP contribution >= 0.6 is 0 Å². The highest BCUT2D eigenvalue weighted by Crippen LogP contribution is 2.71. The van der Waals surface area contributed by atoms with E-state index in [2.05, 4.69) is 5.32 Å². The summed E-state index contributed by atoms with van der Waals surface area (Å²) in [5, 5.41) is 3.43. The van der Waals surface area contributed by atoms with Crippen molar-refractivity contribution in [1.82, 2.24) is 5.32 Å². The number of hydrogen-bond donors (Lipinski definition) is 1. The summed E-state index contributed by atoms with van der Waals surface area (Å²) in [6, 6.07) is 1.02. The summed E-state index contributed by atoms with van der Waals surface area (Å²) in [5.74, 6) is 3.53. The van der Waals surface area contributed by atoms with E-state index in [1.54, 1.807) is 0 Å². The van der Waals surface area contributed by atoms with Crippen LogP contribution in [0.25, 0.3) is 0 Å². The van der Waals surface area contributed by atoms with E-state index >= 15 is 0 Å². The van der Waals surface area contributed by atoms with Gasteiger partial charge in [-0.05, 0) is 24.3 Å². The third kappa shape index (κ3) is 0.0790. The molecule has 1 heteroatoms. The molecule has 32 valence electrons. The largest absolute Gasteiger partial charge is 0.313 e. The molecule has 3 unspecified atom stereocenters. The SMILES string of the molecule is C1NC2C3C1[C@H]23. The van der Waals surface area contributed by atoms with Gasteiger partial charge in [-0.3, -0.25) is 0 Å². The maximum atomic E-state index is 3.43. The lowest BCUT2D eigenvalue weighted by molar-refractivity contribution is 0.725. The van der Waals surface area contributed by atoms with E-state index in [-0.39, 0.29) is 0 Å². The van der Waals surface area contributed by atoms with Crippen LogP contribution in [0.5, 0.6) is 0 Å². The summed E-state index contributed by atoms with van der Waals surface area (Å²) < 4.78 is 0. The molecule has 2 heterocycles. The third-order valence-electron chi connectivity index (χ3n) is 2.57. The highest BCUT2D eigenvalue weighted by atomic mass is 15.2. The first-order chi connectivity index (χ1) is 2.98. The first kappa shape index (κ1) is 2.31. The molecule has 0 aromatic rings. The van der Waals surface area contributed by atoms with Crippen molar-refractivity contribution in [3.8, 4) is 0 Å². The van der Waals surface area contributed by atoms with E-state index < -0.39 is 0 Å². The van der Waals surface area contributed by atoms with E-state index in [0.29, 0.717) is 0 Å². The lowest BCUT2D eigenvalue weighted by Crippen LogP contribution is -2.07. The maximum absolute atomic E-state index is 3.43. The molecule has 4 fully saturated rings. The molecule has 1 N–H and O–H groups in total. The first-order valence-corrected chi connectivity index (χ1v) is 2.72. The first-order valence-electron chi connectivity index (χ1n) is 2.72. The average Bonchev–Trinajstić information content (AvgIpc) is 2.30. The summed E-state index contributed by atoms with van der Waals surface area (Å²) in [5.41, 5.74) is 0. The number of fused-ring (bicyclic) bond motifs is 1. The Kier molecular flexibility index (Phi) is 0.154. The van der Waals surface area contributed by atoms with Gasteiger partial charge in [0.25, 0.3) is 0 Å². The van der Waals surface area contributed by atoms with Crippen LogP contribution in [0.15, 0.2) is 0 Å². The Morgan fingerprint density at radius 2 is 2.17 bits per heavy atom. The second-order valence-electron chi connectivity index (χ2n) is 2.75. The van der Waals surface area contributed by atoms with Gasteiger partial charge in [0.2, 0.25) is 0 Å². The molecule has 0 radical (unpaired) electrons. The van der Waals surface area contributed by atoms with Crippen molar-refractivity contribution < 1.29 is 0 Å². The van der Waals surface area contributed by atoms with Gasteiger partial charge in [0.15, 0.2) is 0 Å².